The number of fused-ring (bicyclic) bond motifs is 1. The van der Waals surface area contributed by atoms with Gasteiger partial charge in [-0.3, -0.25) is 4.79 Å². The molecule has 1 aromatic heterocycles. The van der Waals surface area contributed by atoms with E-state index in [-0.39, 0.29) is 12.1 Å². The number of carbonyl (C=O) groups excluding carboxylic acids is 1. The fourth-order valence-electron chi connectivity index (χ4n) is 3.95. The third kappa shape index (κ3) is 3.83. The van der Waals surface area contributed by atoms with Crippen molar-refractivity contribution in [3.8, 4) is 0 Å². The first-order valence-corrected chi connectivity index (χ1v) is 9.98. The molecule has 2 aromatic rings. The van der Waals surface area contributed by atoms with Crippen LogP contribution in [0.1, 0.15) is 51.2 Å². The number of hydrogen-bond acceptors (Lipinski definition) is 3. The van der Waals surface area contributed by atoms with E-state index >= 15 is 0 Å². The summed E-state index contributed by atoms with van der Waals surface area (Å²) >= 11 is 1.71. The van der Waals surface area contributed by atoms with Crippen molar-refractivity contribution in [2.75, 3.05) is 0 Å². The Morgan fingerprint density at radius 2 is 2.12 bits per heavy atom. The van der Waals surface area contributed by atoms with Gasteiger partial charge in [0.15, 0.2) is 0 Å². The first-order chi connectivity index (χ1) is 11.4. The van der Waals surface area contributed by atoms with Gasteiger partial charge in [-0.15, -0.1) is 11.3 Å². The summed E-state index contributed by atoms with van der Waals surface area (Å²) in [5.41, 5.74) is 2.34. The topological polar surface area (TPSA) is 26.3 Å². The van der Waals surface area contributed by atoms with Gasteiger partial charge in [0.05, 0.1) is 6.42 Å². The van der Waals surface area contributed by atoms with E-state index in [0.29, 0.717) is 24.2 Å². The van der Waals surface area contributed by atoms with Gasteiger partial charge in [-0.2, -0.15) is 0 Å². The zero-order valence-corrected chi connectivity index (χ0v) is 16.0. The van der Waals surface area contributed by atoms with E-state index in [1.807, 2.05) is 0 Å². The molecule has 1 aromatic carbocycles. The van der Waals surface area contributed by atoms with Crippen LogP contribution < -0.4 is 0 Å². The van der Waals surface area contributed by atoms with E-state index in [4.69, 9.17) is 4.74 Å². The third-order valence-electron chi connectivity index (χ3n) is 5.39. The molecule has 3 heteroatoms. The van der Waals surface area contributed by atoms with Crippen molar-refractivity contribution in [3.05, 3.63) is 34.7 Å². The van der Waals surface area contributed by atoms with Crippen LogP contribution in [-0.4, -0.2) is 12.1 Å². The normalized spacial score (nSPS) is 24.5. The van der Waals surface area contributed by atoms with Gasteiger partial charge in [0.2, 0.25) is 0 Å². The van der Waals surface area contributed by atoms with Crippen LogP contribution in [0.4, 0.5) is 0 Å². The largest absolute Gasteiger partial charge is 0.462 e. The SMILES string of the molecule is Cc1ccc2scc(CC(=O)O[C@@H]3C[C@H](C)CC[C@H]3C(C)C)c2c1. The van der Waals surface area contributed by atoms with Crippen molar-refractivity contribution in [2.45, 2.75) is 59.5 Å². The Kier molecular flexibility index (Phi) is 5.29. The molecular formula is C21H28O2S. The van der Waals surface area contributed by atoms with E-state index < -0.39 is 0 Å². The lowest BCUT2D eigenvalue weighted by atomic mass is 9.75. The number of ether oxygens (including phenoxy) is 1. The second-order valence-corrected chi connectivity index (χ2v) is 8.70. The van der Waals surface area contributed by atoms with Crippen LogP contribution in [0, 0.1) is 24.7 Å². The molecule has 24 heavy (non-hydrogen) atoms. The predicted octanol–water partition coefficient (Wildman–Crippen LogP) is 5.76. The Morgan fingerprint density at radius 1 is 1.33 bits per heavy atom. The molecule has 0 aliphatic heterocycles. The van der Waals surface area contributed by atoms with Crippen LogP contribution in [0.25, 0.3) is 10.1 Å². The first kappa shape index (κ1) is 17.5. The summed E-state index contributed by atoms with van der Waals surface area (Å²) in [6.07, 6.45) is 3.92. The zero-order valence-electron chi connectivity index (χ0n) is 15.2. The minimum absolute atomic E-state index is 0.0686. The molecule has 1 aliphatic carbocycles. The highest BCUT2D eigenvalue weighted by Crippen LogP contribution is 2.36. The number of carbonyl (C=O) groups is 1. The van der Waals surface area contributed by atoms with Gasteiger partial charge < -0.3 is 4.74 Å². The second kappa shape index (κ2) is 7.26. The van der Waals surface area contributed by atoms with Gasteiger partial charge >= 0.3 is 5.97 Å². The molecule has 3 rings (SSSR count). The number of hydrogen-bond donors (Lipinski definition) is 0. The maximum Gasteiger partial charge on any atom is 0.310 e. The van der Waals surface area contributed by atoms with Crippen molar-refractivity contribution < 1.29 is 9.53 Å². The van der Waals surface area contributed by atoms with Crippen molar-refractivity contribution in [3.63, 3.8) is 0 Å². The summed E-state index contributed by atoms with van der Waals surface area (Å²) in [5.74, 6) is 1.66. The summed E-state index contributed by atoms with van der Waals surface area (Å²) < 4.78 is 7.20. The Balaban J connectivity index is 1.70. The second-order valence-electron chi connectivity index (χ2n) is 7.79. The molecule has 0 bridgehead atoms. The molecule has 0 amide bonds. The fraction of sp³-hybridized carbons (Fsp3) is 0.571. The summed E-state index contributed by atoms with van der Waals surface area (Å²) in [4.78, 5) is 12.6. The van der Waals surface area contributed by atoms with Crippen molar-refractivity contribution in [2.24, 2.45) is 17.8 Å². The summed E-state index contributed by atoms with van der Waals surface area (Å²) in [7, 11) is 0. The molecule has 2 nitrogen and oxygen atoms in total. The highest BCUT2D eigenvalue weighted by Gasteiger charge is 2.33. The zero-order chi connectivity index (χ0) is 17.3. The van der Waals surface area contributed by atoms with Crippen LogP contribution >= 0.6 is 11.3 Å². The predicted molar refractivity (Wildman–Crippen MR) is 101 cm³/mol. The van der Waals surface area contributed by atoms with Gasteiger partial charge in [0.25, 0.3) is 0 Å². The van der Waals surface area contributed by atoms with Crippen LogP contribution in [0.2, 0.25) is 0 Å². The van der Waals surface area contributed by atoms with Crippen molar-refractivity contribution in [1.29, 1.82) is 0 Å². The maximum absolute atomic E-state index is 12.6. The van der Waals surface area contributed by atoms with Crippen LogP contribution in [0.15, 0.2) is 23.6 Å². The summed E-state index contributed by atoms with van der Waals surface area (Å²) in [5, 5.41) is 3.31. The molecule has 0 radical (unpaired) electrons. The fourth-order valence-corrected chi connectivity index (χ4v) is 4.89. The van der Waals surface area contributed by atoms with E-state index in [2.05, 4.69) is 51.3 Å². The van der Waals surface area contributed by atoms with Gasteiger partial charge in [-0.05, 0) is 59.9 Å². The number of benzene rings is 1. The minimum atomic E-state index is -0.0686. The molecule has 1 heterocycles. The van der Waals surface area contributed by atoms with E-state index in [9.17, 15) is 4.79 Å². The lowest BCUT2D eigenvalue weighted by Crippen LogP contribution is -2.36. The van der Waals surface area contributed by atoms with Crippen LogP contribution in [0.5, 0.6) is 0 Å². The Bertz CT molecular complexity index is 716. The molecule has 1 aliphatic rings. The van der Waals surface area contributed by atoms with Gasteiger partial charge in [-0.1, -0.05) is 44.9 Å². The standard InChI is InChI=1S/C21H28O2S/c1-13(2)17-7-5-15(4)10-19(17)23-21(22)11-16-12-24-20-8-6-14(3)9-18(16)20/h6,8-9,12-13,15,17,19H,5,7,10-11H2,1-4H3/t15-,17+,19-/m1/s1. The molecule has 0 N–H and O–H groups in total. The van der Waals surface area contributed by atoms with Gasteiger partial charge in [0.1, 0.15) is 6.10 Å². The van der Waals surface area contributed by atoms with Gasteiger partial charge in [0, 0.05) is 4.70 Å². The highest BCUT2D eigenvalue weighted by atomic mass is 32.1. The third-order valence-corrected chi connectivity index (χ3v) is 6.40. The molecule has 1 saturated carbocycles. The molecular weight excluding hydrogens is 316 g/mol. The number of thiophene rings is 1. The number of aryl methyl sites for hydroxylation is 1. The summed E-state index contributed by atoms with van der Waals surface area (Å²) in [6, 6.07) is 6.44. The Labute approximate surface area is 149 Å². The van der Waals surface area contributed by atoms with E-state index in [1.165, 1.54) is 28.5 Å². The average molecular weight is 345 g/mol. The minimum Gasteiger partial charge on any atom is -0.462 e. The molecule has 3 atom stereocenters. The lowest BCUT2D eigenvalue weighted by molar-refractivity contribution is -0.155. The molecule has 1 fully saturated rings. The Hall–Kier alpha value is -1.35. The highest BCUT2D eigenvalue weighted by molar-refractivity contribution is 7.17. The van der Waals surface area contributed by atoms with Crippen molar-refractivity contribution in [1.82, 2.24) is 0 Å². The maximum atomic E-state index is 12.6. The molecule has 0 unspecified atom stereocenters. The quantitative estimate of drug-likeness (QED) is 0.659. The molecule has 0 saturated heterocycles. The number of rotatable bonds is 4. The molecule has 0 spiro atoms. The number of esters is 1. The van der Waals surface area contributed by atoms with E-state index in [1.54, 1.807) is 11.3 Å². The van der Waals surface area contributed by atoms with Crippen LogP contribution in [-0.2, 0) is 16.0 Å². The lowest BCUT2D eigenvalue weighted by Gasteiger charge is -2.36. The monoisotopic (exact) mass is 344 g/mol. The van der Waals surface area contributed by atoms with Gasteiger partial charge in [-0.25, -0.2) is 0 Å². The molecule has 130 valence electrons. The summed E-state index contributed by atoms with van der Waals surface area (Å²) in [6.45, 7) is 8.86. The Morgan fingerprint density at radius 3 is 2.88 bits per heavy atom. The first-order valence-electron chi connectivity index (χ1n) is 9.10. The smallest absolute Gasteiger partial charge is 0.310 e. The average Bonchev–Trinajstić information content (AvgIpc) is 2.89. The van der Waals surface area contributed by atoms with E-state index in [0.717, 1.165) is 12.0 Å². The van der Waals surface area contributed by atoms with Crippen molar-refractivity contribution >= 4 is 27.4 Å². The van der Waals surface area contributed by atoms with Crippen LogP contribution in [0.3, 0.4) is 0 Å².